The molecule has 0 aromatic carbocycles. The van der Waals surface area contributed by atoms with Crippen LogP contribution < -0.4 is 5.32 Å². The summed E-state index contributed by atoms with van der Waals surface area (Å²) >= 11 is 0. The molecule has 1 amide bonds. The van der Waals surface area contributed by atoms with Gasteiger partial charge >= 0.3 is 0 Å². The van der Waals surface area contributed by atoms with Crippen molar-refractivity contribution < 1.29 is 34.3 Å². The molecule has 14 atom stereocenters. The first-order valence-electron chi connectivity index (χ1n) is 19.5. The summed E-state index contributed by atoms with van der Waals surface area (Å²) in [5.41, 5.74) is -1.04. The normalized spacial score (nSPS) is 51.8. The minimum Gasteiger partial charge on any atom is -0.390 e. The number of carbonyl (C=O) groups is 1. The van der Waals surface area contributed by atoms with Crippen LogP contribution in [-0.2, 0) is 19.0 Å². The molecule has 9 heteroatoms. The second-order valence-electron chi connectivity index (χ2n) is 19.6. The molecule has 5 saturated carbocycles. The number of rotatable bonds is 6. The molecule has 8 fully saturated rings. The van der Waals surface area contributed by atoms with Gasteiger partial charge in [0.05, 0.1) is 43.2 Å². The first-order chi connectivity index (χ1) is 22.5. The SMILES string of the molecule is C[C@@H]1CC(C(O)C(C)(C)O)OC2[C@H]1C1(C)CCC34CC35CCC(O[C@H]3CN(C(=O)CC6CNC6)CCO3)C(C)(C)[C@@H]5CCC4[C@]1(C)[C@H]2O. The molecule has 272 valence electrons. The average Bonchev–Trinajstić information content (AvgIpc) is 3.64. The lowest BCUT2D eigenvalue weighted by molar-refractivity contribution is -0.248. The fourth-order valence-electron chi connectivity index (χ4n) is 14.2. The Labute approximate surface area is 288 Å². The number of hydrogen-bond acceptors (Lipinski definition) is 8. The fraction of sp³-hybridized carbons (Fsp3) is 0.974. The van der Waals surface area contributed by atoms with E-state index in [1.165, 1.54) is 12.8 Å². The van der Waals surface area contributed by atoms with Crippen LogP contribution >= 0.6 is 0 Å². The van der Waals surface area contributed by atoms with Crippen LogP contribution in [0.25, 0.3) is 0 Å². The summed E-state index contributed by atoms with van der Waals surface area (Å²) in [6.45, 7) is 18.9. The van der Waals surface area contributed by atoms with Crippen molar-refractivity contribution >= 4 is 5.91 Å². The number of nitrogens with one attached hydrogen (secondary N) is 1. The number of hydrogen-bond donors (Lipinski definition) is 4. The number of aliphatic hydroxyl groups is 3. The molecule has 0 radical (unpaired) electrons. The van der Waals surface area contributed by atoms with Crippen LogP contribution in [0.15, 0.2) is 0 Å². The lowest BCUT2D eigenvalue weighted by atomic mass is 9.41. The summed E-state index contributed by atoms with van der Waals surface area (Å²) in [4.78, 5) is 15.0. The molecule has 5 aliphatic carbocycles. The molecule has 3 saturated heterocycles. The molecule has 9 nitrogen and oxygen atoms in total. The quantitative estimate of drug-likeness (QED) is 0.333. The summed E-state index contributed by atoms with van der Waals surface area (Å²) < 4.78 is 19.7. The molecule has 8 rings (SSSR count). The molecular formula is C39H64N2O7. The second-order valence-corrected chi connectivity index (χ2v) is 19.6. The van der Waals surface area contributed by atoms with Gasteiger partial charge in [0, 0.05) is 18.4 Å². The van der Waals surface area contributed by atoms with Crippen molar-refractivity contribution in [2.75, 3.05) is 32.8 Å². The number of ether oxygens (including phenoxy) is 3. The molecule has 0 bridgehead atoms. The van der Waals surface area contributed by atoms with E-state index in [1.54, 1.807) is 13.8 Å². The van der Waals surface area contributed by atoms with Crippen LogP contribution in [0.5, 0.6) is 0 Å². The van der Waals surface area contributed by atoms with E-state index >= 15 is 0 Å². The van der Waals surface area contributed by atoms with E-state index in [0.29, 0.717) is 56.2 Å². The Balaban J connectivity index is 0.994. The highest BCUT2D eigenvalue weighted by Crippen LogP contribution is 2.89. The van der Waals surface area contributed by atoms with Crippen LogP contribution in [0.4, 0.5) is 0 Å². The third-order valence-electron chi connectivity index (χ3n) is 16.9. The Bertz CT molecular complexity index is 1280. The molecule has 8 aliphatic rings. The first-order valence-corrected chi connectivity index (χ1v) is 19.5. The number of carbonyl (C=O) groups excluding carboxylic acids is 1. The summed E-state index contributed by atoms with van der Waals surface area (Å²) in [7, 11) is 0. The van der Waals surface area contributed by atoms with E-state index in [9.17, 15) is 20.1 Å². The van der Waals surface area contributed by atoms with Gasteiger partial charge in [0.15, 0.2) is 6.29 Å². The monoisotopic (exact) mass is 672 g/mol. The van der Waals surface area contributed by atoms with Crippen molar-refractivity contribution in [3.05, 3.63) is 0 Å². The molecule has 3 heterocycles. The Kier molecular flexibility index (Phi) is 7.93. The van der Waals surface area contributed by atoms with Gasteiger partial charge in [-0.3, -0.25) is 4.79 Å². The summed E-state index contributed by atoms with van der Waals surface area (Å²) in [5, 5.41) is 37.4. The van der Waals surface area contributed by atoms with Crippen LogP contribution in [0.2, 0.25) is 0 Å². The van der Waals surface area contributed by atoms with E-state index in [2.05, 4.69) is 39.9 Å². The van der Waals surface area contributed by atoms with E-state index in [0.717, 1.165) is 45.2 Å². The lowest BCUT2D eigenvalue weighted by Crippen LogP contribution is -2.60. The predicted molar refractivity (Wildman–Crippen MR) is 181 cm³/mol. The van der Waals surface area contributed by atoms with E-state index < -0.39 is 23.9 Å². The van der Waals surface area contributed by atoms with Crippen molar-refractivity contribution in [3.63, 3.8) is 0 Å². The Morgan fingerprint density at radius 3 is 2.46 bits per heavy atom. The van der Waals surface area contributed by atoms with Crippen molar-refractivity contribution in [3.8, 4) is 0 Å². The van der Waals surface area contributed by atoms with Gasteiger partial charge in [0.25, 0.3) is 0 Å². The number of fused-ring (bicyclic) bond motifs is 4. The van der Waals surface area contributed by atoms with Gasteiger partial charge in [-0.15, -0.1) is 0 Å². The number of amides is 1. The van der Waals surface area contributed by atoms with Gasteiger partial charge in [-0.2, -0.15) is 0 Å². The minimum atomic E-state index is -1.26. The Morgan fingerprint density at radius 1 is 1.06 bits per heavy atom. The Morgan fingerprint density at radius 2 is 1.77 bits per heavy atom. The van der Waals surface area contributed by atoms with Crippen LogP contribution in [0.3, 0.4) is 0 Å². The third-order valence-corrected chi connectivity index (χ3v) is 16.9. The maximum atomic E-state index is 13.0. The zero-order valence-corrected chi connectivity index (χ0v) is 30.7. The van der Waals surface area contributed by atoms with Gasteiger partial charge in [-0.05, 0) is 130 Å². The first kappa shape index (κ1) is 34.3. The Hall–Kier alpha value is -0.810. The lowest BCUT2D eigenvalue weighted by Gasteiger charge is -2.64. The molecule has 0 aromatic heterocycles. The number of nitrogens with zero attached hydrogens (tertiary/aromatic N) is 1. The molecular weight excluding hydrogens is 608 g/mol. The van der Waals surface area contributed by atoms with Gasteiger partial charge in [0.2, 0.25) is 5.91 Å². The van der Waals surface area contributed by atoms with Gasteiger partial charge in [0.1, 0.15) is 6.10 Å². The standard InChI is InChI=1S/C39H64N2O7/c1-22-16-24(32(43)35(4,5)45)47-31-30(22)36(6)12-13-39-21-38(39)11-10-27(34(2,3)25(38)8-9-26(39)37(36,7)33(31)44)48-29-20-41(14-15-46-29)28(42)17-23-18-40-19-23/h22-27,29-33,40,43-45H,8-21H2,1-7H3/t22-,24?,25+,26?,27?,29+,30+,31?,32?,33+,36?,37-,38?,39?/m1/s1. The topological polar surface area (TPSA) is 121 Å². The summed E-state index contributed by atoms with van der Waals surface area (Å²) in [6.07, 6.45) is 6.70. The van der Waals surface area contributed by atoms with Crippen molar-refractivity contribution in [1.29, 1.82) is 0 Å². The number of aliphatic hydroxyl groups excluding tert-OH is 2. The molecule has 2 spiro atoms. The van der Waals surface area contributed by atoms with E-state index in [4.69, 9.17) is 14.2 Å². The van der Waals surface area contributed by atoms with E-state index in [1.807, 2.05) is 4.90 Å². The van der Waals surface area contributed by atoms with Crippen LogP contribution in [0, 0.1) is 56.7 Å². The largest absolute Gasteiger partial charge is 0.390 e. The number of morpholine rings is 1. The van der Waals surface area contributed by atoms with Gasteiger partial charge in [-0.25, -0.2) is 0 Å². The van der Waals surface area contributed by atoms with E-state index in [-0.39, 0.29) is 57.4 Å². The van der Waals surface area contributed by atoms with Crippen LogP contribution in [0.1, 0.15) is 106 Å². The predicted octanol–water partition coefficient (Wildman–Crippen LogP) is 4.11. The minimum absolute atomic E-state index is 0.0119. The van der Waals surface area contributed by atoms with Crippen LogP contribution in [-0.4, -0.2) is 101 Å². The molecule has 8 unspecified atom stereocenters. The van der Waals surface area contributed by atoms with Gasteiger partial charge in [-0.1, -0.05) is 34.6 Å². The zero-order valence-electron chi connectivity index (χ0n) is 30.7. The molecule has 0 aromatic rings. The molecule has 4 N–H and O–H groups in total. The molecule has 3 aliphatic heterocycles. The van der Waals surface area contributed by atoms with Gasteiger partial charge < -0.3 is 39.7 Å². The zero-order chi connectivity index (χ0) is 34.2. The van der Waals surface area contributed by atoms with Crippen molar-refractivity contribution in [1.82, 2.24) is 10.2 Å². The summed E-state index contributed by atoms with van der Waals surface area (Å²) in [6, 6.07) is 0. The fourth-order valence-corrected chi connectivity index (χ4v) is 14.2. The highest BCUT2D eigenvalue weighted by Gasteiger charge is 2.84. The molecule has 48 heavy (non-hydrogen) atoms. The summed E-state index contributed by atoms with van der Waals surface area (Å²) in [5.74, 6) is 2.22. The van der Waals surface area contributed by atoms with Crippen molar-refractivity contribution in [2.45, 2.75) is 149 Å². The highest BCUT2D eigenvalue weighted by atomic mass is 16.7. The smallest absolute Gasteiger partial charge is 0.223 e. The average molecular weight is 673 g/mol. The maximum Gasteiger partial charge on any atom is 0.223 e. The third kappa shape index (κ3) is 4.55. The maximum absolute atomic E-state index is 13.0. The van der Waals surface area contributed by atoms with Crippen molar-refractivity contribution in [2.24, 2.45) is 56.7 Å². The highest BCUT2D eigenvalue weighted by molar-refractivity contribution is 5.76. The second kappa shape index (κ2) is 11.1.